The molecule has 2 aromatic carbocycles. The van der Waals surface area contributed by atoms with Gasteiger partial charge in [0.15, 0.2) is 6.54 Å². The maximum Gasteiger partial charge on any atom is 0.275 e. The van der Waals surface area contributed by atoms with Crippen molar-refractivity contribution in [1.82, 2.24) is 0 Å². The largest absolute Gasteiger partial charge is 0.494 e. The van der Waals surface area contributed by atoms with Gasteiger partial charge in [-0.05, 0) is 69.5 Å². The van der Waals surface area contributed by atoms with E-state index in [1.54, 1.807) is 0 Å². The number of rotatable bonds is 4. The van der Waals surface area contributed by atoms with Crippen molar-refractivity contribution in [3.63, 3.8) is 0 Å². The Hall–Kier alpha value is -2.33. The van der Waals surface area contributed by atoms with Crippen LogP contribution in [-0.2, 0) is 5.72 Å². The fraction of sp³-hybridized carbons (Fsp3) is 0.435. The number of amidine groups is 1. The van der Waals surface area contributed by atoms with E-state index in [4.69, 9.17) is 4.74 Å². The van der Waals surface area contributed by atoms with Crippen molar-refractivity contribution in [3.8, 4) is 5.75 Å². The fourth-order valence-electron chi connectivity index (χ4n) is 4.29. The van der Waals surface area contributed by atoms with Crippen molar-refractivity contribution in [2.45, 2.75) is 45.3 Å². The quantitative estimate of drug-likeness (QED) is 0.831. The van der Waals surface area contributed by atoms with Crippen molar-refractivity contribution in [3.05, 3.63) is 59.7 Å². The number of nitrogens with zero attached hydrogens (tertiary/aromatic N) is 2. The van der Waals surface area contributed by atoms with Crippen LogP contribution in [0.15, 0.2) is 48.5 Å². The van der Waals surface area contributed by atoms with Crippen molar-refractivity contribution in [2.24, 2.45) is 0 Å². The Labute approximate surface area is 161 Å². The summed E-state index contributed by atoms with van der Waals surface area (Å²) < 4.78 is 7.96. The fourth-order valence-corrected chi connectivity index (χ4v) is 4.29. The van der Waals surface area contributed by atoms with Gasteiger partial charge in [-0.3, -0.25) is 4.58 Å². The standard InChI is InChI=1S/C23H29N2O2/c1-3-27-21-14-10-19(11-15-21)23(26)17-24-16-6-4-5-7-22(24)25(23)20-12-8-18(2)9-13-20/h8-15,26H,3-7,16-17H2,1-2H3/q+1/t23-/m1/s1. The zero-order valence-electron chi connectivity index (χ0n) is 16.3. The molecule has 0 saturated heterocycles. The number of hydrogen-bond acceptors (Lipinski definition) is 3. The Balaban J connectivity index is 1.77. The van der Waals surface area contributed by atoms with E-state index >= 15 is 0 Å². The first-order chi connectivity index (χ1) is 13.1. The lowest BCUT2D eigenvalue weighted by molar-refractivity contribution is -0.534. The van der Waals surface area contributed by atoms with Crippen LogP contribution in [0.1, 0.15) is 43.7 Å². The highest BCUT2D eigenvalue weighted by molar-refractivity contribution is 5.97. The lowest BCUT2D eigenvalue weighted by Crippen LogP contribution is -2.47. The van der Waals surface area contributed by atoms with E-state index < -0.39 is 5.72 Å². The molecule has 0 aromatic heterocycles. The highest BCUT2D eigenvalue weighted by atomic mass is 16.5. The molecule has 4 heteroatoms. The van der Waals surface area contributed by atoms with Gasteiger partial charge in [-0.25, -0.2) is 0 Å². The Kier molecular flexibility index (Phi) is 4.92. The van der Waals surface area contributed by atoms with Gasteiger partial charge in [-0.15, -0.1) is 0 Å². The molecule has 2 heterocycles. The molecule has 27 heavy (non-hydrogen) atoms. The summed E-state index contributed by atoms with van der Waals surface area (Å²) >= 11 is 0. The number of hydrogen-bond donors (Lipinski definition) is 1. The normalized spacial score (nSPS) is 22.6. The van der Waals surface area contributed by atoms with Crippen LogP contribution < -0.4 is 9.64 Å². The van der Waals surface area contributed by atoms with Gasteiger partial charge in [0.2, 0.25) is 0 Å². The van der Waals surface area contributed by atoms with Crippen molar-refractivity contribution in [1.29, 1.82) is 0 Å². The summed E-state index contributed by atoms with van der Waals surface area (Å²) in [5, 5.41) is 11.9. The van der Waals surface area contributed by atoms with Crippen LogP contribution >= 0.6 is 0 Å². The summed E-state index contributed by atoms with van der Waals surface area (Å²) in [4.78, 5) is 2.16. The number of ether oxygens (including phenoxy) is 1. The van der Waals surface area contributed by atoms with E-state index in [9.17, 15) is 5.11 Å². The predicted molar refractivity (Wildman–Crippen MR) is 109 cm³/mol. The Morgan fingerprint density at radius 2 is 1.78 bits per heavy atom. The summed E-state index contributed by atoms with van der Waals surface area (Å²) in [6.07, 6.45) is 4.62. The molecule has 4 rings (SSSR count). The molecule has 2 aliphatic rings. The molecule has 1 atom stereocenters. The highest BCUT2D eigenvalue weighted by Gasteiger charge is 2.53. The summed E-state index contributed by atoms with van der Waals surface area (Å²) in [5.41, 5.74) is 2.13. The summed E-state index contributed by atoms with van der Waals surface area (Å²) in [6, 6.07) is 16.4. The van der Waals surface area contributed by atoms with Crippen LogP contribution in [0.25, 0.3) is 0 Å². The first kappa shape index (κ1) is 18.1. The molecular weight excluding hydrogens is 336 g/mol. The minimum Gasteiger partial charge on any atom is -0.494 e. The van der Waals surface area contributed by atoms with Crippen molar-refractivity contribution in [2.75, 3.05) is 24.6 Å². The highest BCUT2D eigenvalue weighted by Crippen LogP contribution is 2.38. The number of anilines is 1. The van der Waals surface area contributed by atoms with Crippen molar-refractivity contribution < 1.29 is 14.4 Å². The molecule has 0 aliphatic carbocycles. The topological polar surface area (TPSA) is 35.7 Å². The smallest absolute Gasteiger partial charge is 0.275 e. The van der Waals surface area contributed by atoms with E-state index in [1.165, 1.54) is 30.7 Å². The maximum atomic E-state index is 11.9. The van der Waals surface area contributed by atoms with Gasteiger partial charge in [0, 0.05) is 12.0 Å². The second-order valence-corrected chi connectivity index (χ2v) is 7.59. The molecular formula is C23H29N2O2+. The molecule has 0 bridgehead atoms. The molecule has 2 aliphatic heterocycles. The van der Waals surface area contributed by atoms with Crippen LogP contribution in [0, 0.1) is 6.92 Å². The summed E-state index contributed by atoms with van der Waals surface area (Å²) in [7, 11) is 0. The monoisotopic (exact) mass is 365 g/mol. The molecule has 142 valence electrons. The van der Waals surface area contributed by atoms with Gasteiger partial charge in [-0.2, -0.15) is 4.90 Å². The second-order valence-electron chi connectivity index (χ2n) is 7.59. The lowest BCUT2D eigenvalue weighted by Gasteiger charge is -2.29. The molecule has 0 radical (unpaired) electrons. The van der Waals surface area contributed by atoms with Gasteiger partial charge in [0.05, 0.1) is 13.2 Å². The van der Waals surface area contributed by atoms with Crippen LogP contribution in [-0.4, -0.2) is 35.2 Å². The molecule has 0 amide bonds. The molecule has 0 fully saturated rings. The van der Waals surface area contributed by atoms with Gasteiger partial charge in [-0.1, -0.05) is 17.7 Å². The van der Waals surface area contributed by atoms with Crippen molar-refractivity contribution >= 4 is 11.5 Å². The predicted octanol–water partition coefficient (Wildman–Crippen LogP) is 4.04. The minimum absolute atomic E-state index is 0.601. The first-order valence-electron chi connectivity index (χ1n) is 10.1. The Bertz CT molecular complexity index is 826. The van der Waals surface area contributed by atoms with Crippen LogP contribution in [0.3, 0.4) is 0 Å². The number of aliphatic hydroxyl groups is 1. The average molecular weight is 365 g/mol. The van der Waals surface area contributed by atoms with E-state index in [0.29, 0.717) is 13.2 Å². The maximum absolute atomic E-state index is 11.9. The van der Waals surface area contributed by atoms with Crippen LogP contribution in [0.5, 0.6) is 5.75 Å². The van der Waals surface area contributed by atoms with Crippen LogP contribution in [0.2, 0.25) is 0 Å². The van der Waals surface area contributed by atoms with E-state index in [-0.39, 0.29) is 0 Å². The third kappa shape index (κ3) is 3.34. The van der Waals surface area contributed by atoms with E-state index in [2.05, 4.69) is 40.7 Å². The van der Waals surface area contributed by atoms with Crippen LogP contribution in [0.4, 0.5) is 5.69 Å². The van der Waals surface area contributed by atoms with E-state index in [1.807, 2.05) is 31.2 Å². The van der Waals surface area contributed by atoms with Gasteiger partial charge >= 0.3 is 0 Å². The lowest BCUT2D eigenvalue weighted by atomic mass is 9.99. The van der Waals surface area contributed by atoms with E-state index in [0.717, 1.165) is 30.0 Å². The number of benzene rings is 2. The first-order valence-corrected chi connectivity index (χ1v) is 10.1. The number of aryl methyl sites for hydroxylation is 1. The van der Waals surface area contributed by atoms with Gasteiger partial charge < -0.3 is 9.84 Å². The summed E-state index contributed by atoms with van der Waals surface area (Å²) in [6.45, 7) is 6.33. The third-order valence-electron chi connectivity index (χ3n) is 5.65. The van der Waals surface area contributed by atoms with Gasteiger partial charge in [0.25, 0.3) is 11.6 Å². The van der Waals surface area contributed by atoms with Gasteiger partial charge in [0.1, 0.15) is 11.4 Å². The zero-order chi connectivity index (χ0) is 18.9. The SMILES string of the molecule is CCOc1ccc([C@]2(O)C[N+]3=C(CCCCC3)N2c2ccc(C)cc2)cc1. The zero-order valence-corrected chi connectivity index (χ0v) is 16.3. The molecule has 1 N–H and O–H groups in total. The summed E-state index contributed by atoms with van der Waals surface area (Å²) in [5.74, 6) is 2.08. The molecule has 0 saturated carbocycles. The molecule has 4 nitrogen and oxygen atoms in total. The molecule has 0 spiro atoms. The Morgan fingerprint density at radius 1 is 1.04 bits per heavy atom. The minimum atomic E-state index is -1.06. The molecule has 0 unspecified atom stereocenters. The third-order valence-corrected chi connectivity index (χ3v) is 5.65. The molecule has 2 aromatic rings. The second kappa shape index (κ2) is 7.35. The average Bonchev–Trinajstić information content (AvgIpc) is 2.80. The Morgan fingerprint density at radius 3 is 2.48 bits per heavy atom.